The molecule has 0 radical (unpaired) electrons. The summed E-state index contributed by atoms with van der Waals surface area (Å²) in [6.07, 6.45) is 0. The Morgan fingerprint density at radius 1 is 1.64 bits per heavy atom. The number of hydrogen-bond acceptors (Lipinski definition) is 3. The van der Waals surface area contributed by atoms with Crippen LogP contribution in [0.5, 0.6) is 0 Å². The van der Waals surface area contributed by atoms with Crippen LogP contribution in [0.4, 0.5) is 0 Å². The van der Waals surface area contributed by atoms with Gasteiger partial charge in [-0.1, -0.05) is 17.7 Å². The molecule has 0 saturated heterocycles. The lowest BCUT2D eigenvalue weighted by Gasteiger charge is -2.02. The molecule has 0 aliphatic carbocycles. The number of halogens is 1. The van der Waals surface area contributed by atoms with Crippen LogP contribution in [0.3, 0.4) is 0 Å². The van der Waals surface area contributed by atoms with Crippen molar-refractivity contribution < 1.29 is 4.79 Å². The van der Waals surface area contributed by atoms with Crippen molar-refractivity contribution in [3.8, 4) is 0 Å². The Labute approximate surface area is 92.0 Å². The minimum atomic E-state index is -0.202. The number of benzene rings is 1. The molecule has 1 aromatic rings. The van der Waals surface area contributed by atoms with E-state index in [1.807, 2.05) is 25.1 Å². The summed E-state index contributed by atoms with van der Waals surface area (Å²) in [6, 6.07) is 5.69. The molecule has 0 spiro atoms. The molecule has 0 bridgehead atoms. The highest BCUT2D eigenvalue weighted by molar-refractivity contribution is 8.00. The van der Waals surface area contributed by atoms with Gasteiger partial charge in [-0.2, -0.15) is 0 Å². The second-order valence-electron chi connectivity index (χ2n) is 2.77. The predicted molar refractivity (Wildman–Crippen MR) is 59.2 cm³/mol. The molecular weight excluding hydrogens is 220 g/mol. The number of rotatable bonds is 3. The van der Waals surface area contributed by atoms with Gasteiger partial charge in [0.1, 0.15) is 0 Å². The molecule has 1 aromatic carbocycles. The van der Waals surface area contributed by atoms with Gasteiger partial charge in [-0.15, -0.1) is 11.8 Å². The van der Waals surface area contributed by atoms with E-state index in [9.17, 15) is 4.79 Å². The van der Waals surface area contributed by atoms with E-state index in [1.54, 1.807) is 0 Å². The number of amides is 1. The molecule has 1 rings (SSSR count). The molecule has 14 heavy (non-hydrogen) atoms. The van der Waals surface area contributed by atoms with Crippen molar-refractivity contribution in [1.82, 2.24) is 5.43 Å². The van der Waals surface area contributed by atoms with Gasteiger partial charge in [-0.3, -0.25) is 10.2 Å². The highest BCUT2D eigenvalue weighted by Gasteiger charge is 2.02. The summed E-state index contributed by atoms with van der Waals surface area (Å²) in [6.45, 7) is 1.93. The Bertz CT molecular complexity index is 344. The summed E-state index contributed by atoms with van der Waals surface area (Å²) < 4.78 is 0. The van der Waals surface area contributed by atoms with Crippen LogP contribution in [0.25, 0.3) is 0 Å². The number of carbonyl (C=O) groups is 1. The average molecular weight is 231 g/mol. The van der Waals surface area contributed by atoms with Crippen molar-refractivity contribution in [2.45, 2.75) is 11.8 Å². The molecule has 0 heterocycles. The molecule has 3 N–H and O–H groups in total. The summed E-state index contributed by atoms with van der Waals surface area (Å²) in [7, 11) is 0. The SMILES string of the molecule is Cc1ccc(SCC(=O)NN)cc1Cl. The lowest BCUT2D eigenvalue weighted by molar-refractivity contribution is -0.118. The van der Waals surface area contributed by atoms with Gasteiger partial charge in [0, 0.05) is 9.92 Å². The van der Waals surface area contributed by atoms with Crippen LogP contribution in [-0.4, -0.2) is 11.7 Å². The third kappa shape index (κ3) is 3.21. The number of thioether (sulfide) groups is 1. The fraction of sp³-hybridized carbons (Fsp3) is 0.222. The molecule has 0 aliphatic rings. The van der Waals surface area contributed by atoms with Gasteiger partial charge in [-0.05, 0) is 24.6 Å². The largest absolute Gasteiger partial charge is 0.294 e. The lowest BCUT2D eigenvalue weighted by atomic mass is 10.2. The topological polar surface area (TPSA) is 55.1 Å². The smallest absolute Gasteiger partial charge is 0.244 e. The standard InChI is InChI=1S/C9H11ClN2OS/c1-6-2-3-7(4-8(6)10)14-5-9(13)12-11/h2-4H,5,11H2,1H3,(H,12,13). The van der Waals surface area contributed by atoms with E-state index in [4.69, 9.17) is 17.4 Å². The second-order valence-corrected chi connectivity index (χ2v) is 4.22. The highest BCUT2D eigenvalue weighted by atomic mass is 35.5. The molecule has 0 fully saturated rings. The molecule has 0 saturated carbocycles. The summed E-state index contributed by atoms with van der Waals surface area (Å²) in [5.41, 5.74) is 3.10. The first-order chi connectivity index (χ1) is 6.63. The zero-order valence-electron chi connectivity index (χ0n) is 7.71. The van der Waals surface area contributed by atoms with E-state index < -0.39 is 0 Å². The van der Waals surface area contributed by atoms with Crippen LogP contribution in [0.15, 0.2) is 23.1 Å². The van der Waals surface area contributed by atoms with Crippen LogP contribution < -0.4 is 11.3 Å². The highest BCUT2D eigenvalue weighted by Crippen LogP contribution is 2.24. The number of hydrogen-bond donors (Lipinski definition) is 2. The third-order valence-corrected chi connectivity index (χ3v) is 3.08. The Balaban J connectivity index is 2.60. The molecule has 76 valence electrons. The number of nitrogens with two attached hydrogens (primary N) is 1. The first kappa shape index (κ1) is 11.4. The van der Waals surface area contributed by atoms with Crippen LogP contribution in [0.1, 0.15) is 5.56 Å². The summed E-state index contributed by atoms with van der Waals surface area (Å²) in [4.78, 5) is 11.8. The maximum atomic E-state index is 10.8. The summed E-state index contributed by atoms with van der Waals surface area (Å²) in [5, 5.41) is 0.711. The number of nitrogens with one attached hydrogen (secondary N) is 1. The van der Waals surface area contributed by atoms with Gasteiger partial charge in [0.15, 0.2) is 0 Å². The third-order valence-electron chi connectivity index (χ3n) is 1.67. The molecule has 0 unspecified atom stereocenters. The maximum absolute atomic E-state index is 10.8. The first-order valence-corrected chi connectivity index (χ1v) is 5.38. The van der Waals surface area contributed by atoms with Gasteiger partial charge in [0.05, 0.1) is 5.75 Å². The van der Waals surface area contributed by atoms with Gasteiger partial charge in [-0.25, -0.2) is 5.84 Å². The van der Waals surface area contributed by atoms with Crippen molar-refractivity contribution in [1.29, 1.82) is 0 Å². The van der Waals surface area contributed by atoms with E-state index in [0.717, 1.165) is 10.5 Å². The predicted octanol–water partition coefficient (Wildman–Crippen LogP) is 1.73. The zero-order valence-corrected chi connectivity index (χ0v) is 9.28. The summed E-state index contributed by atoms with van der Waals surface area (Å²) >= 11 is 7.32. The Morgan fingerprint density at radius 2 is 2.36 bits per heavy atom. The van der Waals surface area contributed by atoms with Crippen molar-refractivity contribution in [3.05, 3.63) is 28.8 Å². The van der Waals surface area contributed by atoms with Gasteiger partial charge < -0.3 is 0 Å². The molecular formula is C9H11ClN2OS. The molecule has 0 atom stereocenters. The van der Waals surface area contributed by atoms with Crippen molar-refractivity contribution in [2.75, 3.05) is 5.75 Å². The number of hydrazine groups is 1. The van der Waals surface area contributed by atoms with Crippen LogP contribution >= 0.6 is 23.4 Å². The Hall–Kier alpha value is -0.710. The van der Waals surface area contributed by atoms with Gasteiger partial charge >= 0.3 is 0 Å². The number of carbonyl (C=O) groups excluding carboxylic acids is 1. The van der Waals surface area contributed by atoms with Crippen LogP contribution in [0, 0.1) is 6.92 Å². The normalized spacial score (nSPS) is 9.93. The average Bonchev–Trinajstić information content (AvgIpc) is 2.19. The van der Waals surface area contributed by atoms with E-state index in [2.05, 4.69) is 5.43 Å². The minimum Gasteiger partial charge on any atom is -0.294 e. The van der Waals surface area contributed by atoms with E-state index in [-0.39, 0.29) is 5.91 Å². The molecule has 1 amide bonds. The maximum Gasteiger partial charge on any atom is 0.244 e. The summed E-state index contributed by atoms with van der Waals surface area (Å²) in [5.74, 6) is 5.05. The fourth-order valence-electron chi connectivity index (χ4n) is 0.854. The fourth-order valence-corrected chi connectivity index (χ4v) is 1.85. The zero-order chi connectivity index (χ0) is 10.6. The van der Waals surface area contributed by atoms with Crippen molar-refractivity contribution in [3.63, 3.8) is 0 Å². The minimum absolute atomic E-state index is 0.202. The molecule has 3 nitrogen and oxygen atoms in total. The van der Waals surface area contributed by atoms with Gasteiger partial charge in [0.25, 0.3) is 0 Å². The van der Waals surface area contributed by atoms with Crippen molar-refractivity contribution >= 4 is 29.3 Å². The van der Waals surface area contributed by atoms with Gasteiger partial charge in [0.2, 0.25) is 5.91 Å². The molecule has 0 aliphatic heterocycles. The van der Waals surface area contributed by atoms with E-state index >= 15 is 0 Å². The second kappa shape index (κ2) is 5.24. The number of aryl methyl sites for hydroxylation is 1. The van der Waals surface area contributed by atoms with Crippen LogP contribution in [0.2, 0.25) is 5.02 Å². The van der Waals surface area contributed by atoms with E-state index in [0.29, 0.717) is 10.8 Å². The molecule has 5 heteroatoms. The van der Waals surface area contributed by atoms with E-state index in [1.165, 1.54) is 11.8 Å². The molecule has 0 aromatic heterocycles. The first-order valence-electron chi connectivity index (χ1n) is 4.02. The Morgan fingerprint density at radius 3 is 2.93 bits per heavy atom. The van der Waals surface area contributed by atoms with Crippen LogP contribution in [-0.2, 0) is 4.79 Å². The lowest BCUT2D eigenvalue weighted by Crippen LogP contribution is -2.31. The quantitative estimate of drug-likeness (QED) is 0.360. The Kier molecular flexibility index (Phi) is 4.25. The monoisotopic (exact) mass is 230 g/mol. The van der Waals surface area contributed by atoms with Crippen molar-refractivity contribution in [2.24, 2.45) is 5.84 Å².